The lowest BCUT2D eigenvalue weighted by Gasteiger charge is -2.07. The van der Waals surface area contributed by atoms with E-state index < -0.39 is 0 Å². The fraction of sp³-hybridized carbons (Fsp3) is 0. The van der Waals surface area contributed by atoms with Gasteiger partial charge in [0.15, 0.2) is 0 Å². The van der Waals surface area contributed by atoms with Crippen molar-refractivity contribution in [2.24, 2.45) is 5.84 Å². The summed E-state index contributed by atoms with van der Waals surface area (Å²) in [5.41, 5.74) is 2.41. The van der Waals surface area contributed by atoms with Crippen molar-refractivity contribution >= 4 is 21.7 Å². The number of ether oxygens (including phenoxy) is 1. The van der Waals surface area contributed by atoms with Crippen LogP contribution in [-0.2, 0) is 0 Å². The second-order valence-corrected chi connectivity index (χ2v) is 4.04. The molecule has 1 heterocycles. The fourth-order valence-corrected chi connectivity index (χ4v) is 1.65. The molecule has 0 amide bonds. The highest BCUT2D eigenvalue weighted by atomic mass is 79.9. The number of rotatable bonds is 3. The van der Waals surface area contributed by atoms with Gasteiger partial charge in [-0.05, 0) is 40.2 Å². The maximum Gasteiger partial charge on any atom is 0.221 e. The Bertz CT molecular complexity index is 536. The van der Waals surface area contributed by atoms with Crippen LogP contribution < -0.4 is 16.0 Å². The summed E-state index contributed by atoms with van der Waals surface area (Å²) in [4.78, 5) is 4.08. The van der Waals surface area contributed by atoms with Crippen LogP contribution in [0.1, 0.15) is 0 Å². The smallest absolute Gasteiger partial charge is 0.221 e. The van der Waals surface area contributed by atoms with E-state index in [2.05, 4.69) is 26.3 Å². The van der Waals surface area contributed by atoms with Gasteiger partial charge in [0.25, 0.3) is 0 Å². The lowest BCUT2D eigenvalue weighted by Crippen LogP contribution is -2.08. The predicted octanol–water partition coefficient (Wildman–Crippen LogP) is 3.06. The summed E-state index contributed by atoms with van der Waals surface area (Å²) in [5, 5.41) is 0. The van der Waals surface area contributed by atoms with E-state index in [4.69, 9.17) is 10.6 Å². The number of anilines is 1. The van der Waals surface area contributed by atoms with Crippen LogP contribution in [0.25, 0.3) is 0 Å². The monoisotopic (exact) mass is 297 g/mol. The molecule has 2 rings (SSSR count). The van der Waals surface area contributed by atoms with Gasteiger partial charge in [0.05, 0.1) is 4.47 Å². The third-order valence-corrected chi connectivity index (χ3v) is 2.60. The fourth-order valence-electron chi connectivity index (χ4n) is 1.22. The highest BCUT2D eigenvalue weighted by Crippen LogP contribution is 2.29. The molecule has 3 N–H and O–H groups in total. The van der Waals surface area contributed by atoms with E-state index in [0.29, 0.717) is 21.9 Å². The first-order valence-electron chi connectivity index (χ1n) is 4.75. The van der Waals surface area contributed by atoms with Gasteiger partial charge in [0, 0.05) is 6.07 Å². The zero-order valence-corrected chi connectivity index (χ0v) is 10.2. The minimum Gasteiger partial charge on any atom is -0.438 e. The number of hydrogen-bond acceptors (Lipinski definition) is 4. The van der Waals surface area contributed by atoms with Gasteiger partial charge in [-0.3, -0.25) is 0 Å². The summed E-state index contributed by atoms with van der Waals surface area (Å²) >= 11 is 3.21. The van der Waals surface area contributed by atoms with Crippen LogP contribution in [-0.4, -0.2) is 4.98 Å². The molecule has 0 spiro atoms. The molecule has 1 aromatic carbocycles. The van der Waals surface area contributed by atoms with E-state index in [9.17, 15) is 4.39 Å². The third-order valence-electron chi connectivity index (χ3n) is 1.98. The second kappa shape index (κ2) is 5.11. The van der Waals surface area contributed by atoms with E-state index in [1.807, 2.05) is 0 Å². The van der Waals surface area contributed by atoms with Gasteiger partial charge in [0.1, 0.15) is 17.4 Å². The molecule has 0 atom stereocenters. The Morgan fingerprint density at radius 1 is 1.29 bits per heavy atom. The quantitative estimate of drug-likeness (QED) is 0.675. The molecule has 0 aliphatic heterocycles. The van der Waals surface area contributed by atoms with Crippen LogP contribution in [0.3, 0.4) is 0 Å². The summed E-state index contributed by atoms with van der Waals surface area (Å²) in [7, 11) is 0. The average Bonchev–Trinajstić information content (AvgIpc) is 2.33. The lowest BCUT2D eigenvalue weighted by atomic mass is 10.3. The maximum absolute atomic E-state index is 12.9. The zero-order chi connectivity index (χ0) is 12.3. The minimum atomic E-state index is -0.338. The van der Waals surface area contributed by atoms with E-state index >= 15 is 0 Å². The Morgan fingerprint density at radius 3 is 2.82 bits per heavy atom. The van der Waals surface area contributed by atoms with Gasteiger partial charge in [-0.25, -0.2) is 10.2 Å². The van der Waals surface area contributed by atoms with Crippen LogP contribution in [0.2, 0.25) is 0 Å². The largest absolute Gasteiger partial charge is 0.438 e. The Morgan fingerprint density at radius 2 is 2.12 bits per heavy atom. The number of hydrazine groups is 1. The van der Waals surface area contributed by atoms with Crippen LogP contribution in [0, 0.1) is 5.82 Å². The molecule has 17 heavy (non-hydrogen) atoms. The van der Waals surface area contributed by atoms with Crippen LogP contribution in [0.4, 0.5) is 10.2 Å². The molecule has 0 aliphatic carbocycles. The van der Waals surface area contributed by atoms with E-state index in [-0.39, 0.29) is 5.82 Å². The number of nitrogens with one attached hydrogen (secondary N) is 1. The summed E-state index contributed by atoms with van der Waals surface area (Å²) in [6.07, 6.45) is 0. The van der Waals surface area contributed by atoms with Crippen molar-refractivity contribution in [1.82, 2.24) is 4.98 Å². The van der Waals surface area contributed by atoms with Crippen LogP contribution in [0.5, 0.6) is 11.6 Å². The summed E-state index contributed by atoms with van der Waals surface area (Å²) < 4.78 is 18.9. The molecule has 6 heteroatoms. The molecule has 1 aromatic heterocycles. The second-order valence-electron chi connectivity index (χ2n) is 3.18. The van der Waals surface area contributed by atoms with Crippen molar-refractivity contribution < 1.29 is 9.13 Å². The molecule has 0 bridgehead atoms. The van der Waals surface area contributed by atoms with Crippen LogP contribution in [0.15, 0.2) is 40.9 Å². The first kappa shape index (κ1) is 11.8. The highest BCUT2D eigenvalue weighted by Gasteiger charge is 2.05. The normalized spacial score (nSPS) is 10.1. The molecular formula is C11H9BrFN3O. The number of hydrogen-bond donors (Lipinski definition) is 2. The molecule has 0 unspecified atom stereocenters. The van der Waals surface area contributed by atoms with Gasteiger partial charge in [-0.1, -0.05) is 6.07 Å². The Balaban J connectivity index is 2.25. The molecule has 4 nitrogen and oxygen atoms in total. The predicted molar refractivity (Wildman–Crippen MR) is 66.2 cm³/mol. The van der Waals surface area contributed by atoms with Gasteiger partial charge in [0.2, 0.25) is 5.88 Å². The molecule has 88 valence electrons. The van der Waals surface area contributed by atoms with E-state index in [1.54, 1.807) is 18.2 Å². The first-order chi connectivity index (χ1) is 8.19. The number of halogens is 2. The summed E-state index contributed by atoms with van der Waals surface area (Å²) in [5.74, 6) is 6.23. The van der Waals surface area contributed by atoms with Gasteiger partial charge < -0.3 is 10.2 Å². The van der Waals surface area contributed by atoms with Gasteiger partial charge in [-0.2, -0.15) is 4.98 Å². The molecule has 0 saturated heterocycles. The molecule has 2 aromatic rings. The van der Waals surface area contributed by atoms with Crippen molar-refractivity contribution in [2.45, 2.75) is 0 Å². The Hall–Kier alpha value is -1.66. The van der Waals surface area contributed by atoms with Crippen molar-refractivity contribution in [1.29, 1.82) is 0 Å². The van der Waals surface area contributed by atoms with Crippen molar-refractivity contribution in [3.63, 3.8) is 0 Å². The number of nitrogens with two attached hydrogens (primary N) is 1. The molecular weight excluding hydrogens is 289 g/mol. The Labute approximate surface area is 106 Å². The van der Waals surface area contributed by atoms with Crippen molar-refractivity contribution in [3.8, 4) is 11.6 Å². The highest BCUT2D eigenvalue weighted by molar-refractivity contribution is 9.10. The van der Waals surface area contributed by atoms with Crippen molar-refractivity contribution in [3.05, 3.63) is 46.7 Å². The topological polar surface area (TPSA) is 60.2 Å². The van der Waals surface area contributed by atoms with Gasteiger partial charge in [-0.15, -0.1) is 0 Å². The standard InChI is InChI=1S/C11H9BrFN3O/c12-8-6-7(13)4-5-9(8)17-11-3-1-2-10(15-11)16-14/h1-6H,14H2,(H,15,16). The average molecular weight is 298 g/mol. The van der Waals surface area contributed by atoms with E-state index in [0.717, 1.165) is 0 Å². The maximum atomic E-state index is 12.9. The molecule has 0 saturated carbocycles. The first-order valence-corrected chi connectivity index (χ1v) is 5.55. The molecule has 0 radical (unpaired) electrons. The number of nitrogens with zero attached hydrogens (tertiary/aromatic N) is 1. The van der Waals surface area contributed by atoms with E-state index in [1.165, 1.54) is 18.2 Å². The SMILES string of the molecule is NNc1cccc(Oc2ccc(F)cc2Br)n1. The molecule has 0 fully saturated rings. The Kier molecular flexibility index (Phi) is 3.55. The van der Waals surface area contributed by atoms with Gasteiger partial charge >= 0.3 is 0 Å². The molecule has 0 aliphatic rings. The summed E-state index contributed by atoms with van der Waals surface area (Å²) in [6.45, 7) is 0. The summed E-state index contributed by atoms with van der Waals surface area (Å²) in [6, 6.07) is 9.27. The lowest BCUT2D eigenvalue weighted by molar-refractivity contribution is 0.459. The third kappa shape index (κ3) is 2.92. The van der Waals surface area contributed by atoms with Crippen molar-refractivity contribution in [2.75, 3.05) is 5.43 Å². The number of aromatic nitrogens is 1. The van der Waals surface area contributed by atoms with Crippen LogP contribution >= 0.6 is 15.9 Å². The minimum absolute atomic E-state index is 0.338. The number of benzene rings is 1. The number of nitrogen functional groups attached to an aromatic ring is 1. The number of pyridine rings is 1. The zero-order valence-electron chi connectivity index (χ0n) is 8.65.